The Morgan fingerprint density at radius 1 is 0.909 bits per heavy atom. The van der Waals surface area contributed by atoms with E-state index in [1.165, 1.54) is 11.1 Å². The van der Waals surface area contributed by atoms with Crippen LogP contribution in [0.3, 0.4) is 0 Å². The van der Waals surface area contributed by atoms with Gasteiger partial charge in [0.15, 0.2) is 0 Å². The van der Waals surface area contributed by atoms with Crippen molar-refractivity contribution < 1.29 is 9.94 Å². The summed E-state index contributed by atoms with van der Waals surface area (Å²) in [7, 11) is 1.58. The molecule has 0 saturated heterocycles. The maximum absolute atomic E-state index is 8.84. The van der Waals surface area contributed by atoms with Gasteiger partial charge < -0.3 is 9.94 Å². The van der Waals surface area contributed by atoms with Gasteiger partial charge in [0.1, 0.15) is 7.11 Å². The highest BCUT2D eigenvalue weighted by Crippen LogP contribution is 2.20. The van der Waals surface area contributed by atoms with Crippen molar-refractivity contribution in [3.8, 4) is 11.1 Å². The zero-order valence-corrected chi connectivity index (χ0v) is 13.0. The minimum absolute atomic E-state index is 0.253. The Hall–Kier alpha value is -2.13. The number of oxime groups is 1. The maximum atomic E-state index is 8.84. The summed E-state index contributed by atoms with van der Waals surface area (Å²) in [5, 5.41) is 13.0. The fourth-order valence-electron chi connectivity index (χ4n) is 2.42. The van der Waals surface area contributed by atoms with E-state index in [0.29, 0.717) is 0 Å². The third-order valence-corrected chi connectivity index (χ3v) is 3.60. The van der Waals surface area contributed by atoms with Crippen LogP contribution in [0.2, 0.25) is 0 Å². The molecule has 2 rings (SSSR count). The van der Waals surface area contributed by atoms with E-state index in [1.807, 2.05) is 18.2 Å². The Balaban J connectivity index is 2.07. The van der Waals surface area contributed by atoms with E-state index in [1.54, 1.807) is 7.11 Å². The van der Waals surface area contributed by atoms with Gasteiger partial charge >= 0.3 is 0 Å². The van der Waals surface area contributed by atoms with Crippen LogP contribution in [0, 0.1) is 0 Å². The van der Waals surface area contributed by atoms with Gasteiger partial charge in [-0.25, -0.2) is 0 Å². The van der Waals surface area contributed by atoms with E-state index in [-0.39, 0.29) is 6.61 Å². The SMILES string of the molecule is CO/N=C(\CCCCCO)c1ccc(-c2ccccc2)cc1. The standard InChI is InChI=1S/C19H23NO2/c1-22-20-19(10-6-3-7-15-21)18-13-11-17(12-14-18)16-8-4-2-5-9-16/h2,4-5,8-9,11-14,21H,3,6-7,10,15H2,1H3/b20-19+. The smallest absolute Gasteiger partial charge is 0.106 e. The lowest BCUT2D eigenvalue weighted by Gasteiger charge is -2.07. The summed E-state index contributed by atoms with van der Waals surface area (Å²) in [6.07, 6.45) is 3.70. The van der Waals surface area contributed by atoms with Crippen LogP contribution in [0.1, 0.15) is 31.2 Å². The molecule has 22 heavy (non-hydrogen) atoms. The number of unbranched alkanes of at least 4 members (excludes halogenated alkanes) is 2. The van der Waals surface area contributed by atoms with E-state index in [9.17, 15) is 0 Å². The van der Waals surface area contributed by atoms with E-state index < -0.39 is 0 Å². The molecule has 1 N–H and O–H groups in total. The molecule has 3 heteroatoms. The number of hydrogen-bond donors (Lipinski definition) is 1. The maximum Gasteiger partial charge on any atom is 0.106 e. The molecule has 0 saturated carbocycles. The molecule has 0 aromatic heterocycles. The number of rotatable bonds is 8. The summed E-state index contributed by atoms with van der Waals surface area (Å²) in [5.74, 6) is 0. The number of benzene rings is 2. The molecule has 2 aromatic carbocycles. The first-order chi connectivity index (χ1) is 10.8. The predicted octanol–water partition coefficient (Wildman–Crippen LogP) is 4.26. The second-order valence-corrected chi connectivity index (χ2v) is 5.20. The zero-order chi connectivity index (χ0) is 15.6. The highest BCUT2D eigenvalue weighted by molar-refractivity contribution is 6.00. The largest absolute Gasteiger partial charge is 0.399 e. The molecule has 0 heterocycles. The second-order valence-electron chi connectivity index (χ2n) is 5.20. The molecule has 3 nitrogen and oxygen atoms in total. The normalized spacial score (nSPS) is 11.5. The quantitative estimate of drug-likeness (QED) is 0.449. The van der Waals surface area contributed by atoms with Crippen molar-refractivity contribution in [1.82, 2.24) is 0 Å². The Morgan fingerprint density at radius 3 is 2.23 bits per heavy atom. The Labute approximate surface area is 132 Å². The highest BCUT2D eigenvalue weighted by atomic mass is 16.6. The highest BCUT2D eigenvalue weighted by Gasteiger charge is 2.05. The summed E-state index contributed by atoms with van der Waals surface area (Å²) < 4.78 is 0. The summed E-state index contributed by atoms with van der Waals surface area (Å²) in [5.41, 5.74) is 4.45. The van der Waals surface area contributed by atoms with Gasteiger partial charge in [0, 0.05) is 6.61 Å². The molecular weight excluding hydrogens is 274 g/mol. The summed E-state index contributed by atoms with van der Waals surface area (Å²) in [6, 6.07) is 18.7. The van der Waals surface area contributed by atoms with E-state index in [4.69, 9.17) is 9.94 Å². The first-order valence-electron chi connectivity index (χ1n) is 7.72. The summed E-state index contributed by atoms with van der Waals surface area (Å²) in [6.45, 7) is 0.253. The van der Waals surface area contributed by atoms with Crippen molar-refractivity contribution >= 4 is 5.71 Å². The van der Waals surface area contributed by atoms with Crippen molar-refractivity contribution in [2.24, 2.45) is 5.16 Å². The Bertz CT molecular complexity index is 576. The lowest BCUT2D eigenvalue weighted by Crippen LogP contribution is -2.02. The Kier molecular flexibility index (Phi) is 6.65. The minimum Gasteiger partial charge on any atom is -0.399 e. The average molecular weight is 297 g/mol. The van der Waals surface area contributed by atoms with Crippen LogP contribution in [0.25, 0.3) is 11.1 Å². The summed E-state index contributed by atoms with van der Waals surface area (Å²) >= 11 is 0. The van der Waals surface area contributed by atoms with Crippen LogP contribution in [0.4, 0.5) is 0 Å². The first kappa shape index (κ1) is 16.2. The molecule has 0 spiro atoms. The Morgan fingerprint density at radius 2 is 1.59 bits per heavy atom. The van der Waals surface area contributed by atoms with Crippen molar-refractivity contribution in [2.75, 3.05) is 13.7 Å². The molecule has 0 unspecified atom stereocenters. The van der Waals surface area contributed by atoms with E-state index in [2.05, 4.69) is 41.6 Å². The van der Waals surface area contributed by atoms with Crippen LogP contribution < -0.4 is 0 Å². The molecule has 0 fully saturated rings. The minimum atomic E-state index is 0.253. The van der Waals surface area contributed by atoms with Crippen LogP contribution >= 0.6 is 0 Å². The molecule has 0 amide bonds. The molecule has 0 radical (unpaired) electrons. The second kappa shape index (κ2) is 9.00. The molecule has 2 aromatic rings. The van der Waals surface area contributed by atoms with Crippen LogP contribution in [-0.2, 0) is 4.84 Å². The van der Waals surface area contributed by atoms with Crippen molar-refractivity contribution in [2.45, 2.75) is 25.7 Å². The molecule has 0 aliphatic rings. The lowest BCUT2D eigenvalue weighted by atomic mass is 10.00. The van der Waals surface area contributed by atoms with Gasteiger partial charge in [-0.15, -0.1) is 0 Å². The number of aliphatic hydroxyl groups is 1. The molecular formula is C19H23NO2. The fourth-order valence-corrected chi connectivity index (χ4v) is 2.42. The molecule has 0 atom stereocenters. The average Bonchev–Trinajstić information content (AvgIpc) is 2.59. The van der Waals surface area contributed by atoms with Crippen molar-refractivity contribution in [3.63, 3.8) is 0 Å². The molecule has 116 valence electrons. The van der Waals surface area contributed by atoms with Gasteiger partial charge in [-0.1, -0.05) is 66.2 Å². The van der Waals surface area contributed by atoms with Crippen LogP contribution in [0.15, 0.2) is 59.8 Å². The van der Waals surface area contributed by atoms with Gasteiger partial charge in [0.05, 0.1) is 5.71 Å². The van der Waals surface area contributed by atoms with Gasteiger partial charge in [-0.05, 0) is 36.0 Å². The molecule has 0 aliphatic heterocycles. The van der Waals surface area contributed by atoms with E-state index >= 15 is 0 Å². The predicted molar refractivity (Wildman–Crippen MR) is 91.0 cm³/mol. The van der Waals surface area contributed by atoms with Gasteiger partial charge in [0.25, 0.3) is 0 Å². The van der Waals surface area contributed by atoms with Crippen molar-refractivity contribution in [3.05, 3.63) is 60.2 Å². The van der Waals surface area contributed by atoms with Gasteiger partial charge in [-0.2, -0.15) is 0 Å². The van der Waals surface area contributed by atoms with Crippen LogP contribution in [-0.4, -0.2) is 24.5 Å². The third kappa shape index (κ3) is 4.71. The van der Waals surface area contributed by atoms with Crippen molar-refractivity contribution in [1.29, 1.82) is 0 Å². The van der Waals surface area contributed by atoms with Gasteiger partial charge in [-0.3, -0.25) is 0 Å². The first-order valence-corrected chi connectivity index (χ1v) is 7.72. The monoisotopic (exact) mass is 297 g/mol. The third-order valence-electron chi connectivity index (χ3n) is 3.60. The summed E-state index contributed by atoms with van der Waals surface area (Å²) in [4.78, 5) is 4.97. The number of nitrogens with zero attached hydrogens (tertiary/aromatic N) is 1. The fraction of sp³-hybridized carbons (Fsp3) is 0.316. The number of aliphatic hydroxyl groups excluding tert-OH is 1. The van der Waals surface area contributed by atoms with E-state index in [0.717, 1.165) is 37.0 Å². The molecule has 0 bridgehead atoms. The van der Waals surface area contributed by atoms with Crippen LogP contribution in [0.5, 0.6) is 0 Å². The topological polar surface area (TPSA) is 41.8 Å². The van der Waals surface area contributed by atoms with Gasteiger partial charge in [0.2, 0.25) is 0 Å². The number of hydrogen-bond acceptors (Lipinski definition) is 3. The molecule has 0 aliphatic carbocycles. The lowest BCUT2D eigenvalue weighted by molar-refractivity contribution is 0.212. The zero-order valence-electron chi connectivity index (χ0n) is 13.0.